The second kappa shape index (κ2) is 6.63. The number of benzene rings is 1. The van der Waals surface area contributed by atoms with E-state index in [2.05, 4.69) is 4.74 Å². The van der Waals surface area contributed by atoms with Crippen LogP contribution in [0.4, 0.5) is 17.6 Å². The van der Waals surface area contributed by atoms with Crippen molar-refractivity contribution in [3.05, 3.63) is 29.8 Å². The number of alkyl halides is 4. The lowest BCUT2D eigenvalue weighted by Gasteiger charge is -2.29. The Bertz CT molecular complexity index is 435. The van der Waals surface area contributed by atoms with Crippen LogP contribution in [0.25, 0.3) is 0 Å². The van der Waals surface area contributed by atoms with Crippen molar-refractivity contribution in [2.75, 3.05) is 0 Å². The third-order valence-electron chi connectivity index (χ3n) is 2.69. The third kappa shape index (κ3) is 4.52. The number of hydrogen-bond donors (Lipinski definition) is 1. The number of para-hydroxylation sites is 1. The number of nitrogens with two attached hydrogens (primary N) is 1. The molecular formula is C13H18ClF4NO. The fourth-order valence-corrected chi connectivity index (χ4v) is 1.49. The summed E-state index contributed by atoms with van der Waals surface area (Å²) in [7, 11) is 0. The molecule has 0 radical (unpaired) electrons. The zero-order valence-corrected chi connectivity index (χ0v) is 12.2. The van der Waals surface area contributed by atoms with Crippen molar-refractivity contribution in [3.63, 3.8) is 0 Å². The van der Waals surface area contributed by atoms with E-state index in [9.17, 15) is 17.6 Å². The maximum atomic E-state index is 13.0. The lowest BCUT2D eigenvalue weighted by Crippen LogP contribution is -2.35. The van der Waals surface area contributed by atoms with E-state index in [1.54, 1.807) is 6.07 Å². The smallest absolute Gasteiger partial charge is 0.428 e. The first-order valence-electron chi connectivity index (χ1n) is 5.75. The molecule has 116 valence electrons. The first-order chi connectivity index (χ1) is 8.55. The fourth-order valence-electron chi connectivity index (χ4n) is 1.49. The predicted molar refractivity (Wildman–Crippen MR) is 71.7 cm³/mol. The van der Waals surface area contributed by atoms with Crippen molar-refractivity contribution in [3.8, 4) is 5.75 Å². The van der Waals surface area contributed by atoms with Crippen LogP contribution in [0.15, 0.2) is 24.3 Å². The first kappa shape index (κ1) is 19.0. The van der Waals surface area contributed by atoms with E-state index in [0.29, 0.717) is 0 Å². The van der Waals surface area contributed by atoms with Gasteiger partial charge < -0.3 is 10.5 Å². The summed E-state index contributed by atoms with van der Waals surface area (Å²) in [5, 5.41) is 0. The molecule has 1 aromatic rings. The van der Waals surface area contributed by atoms with Gasteiger partial charge in [-0.25, -0.2) is 0 Å². The van der Waals surface area contributed by atoms with Crippen LogP contribution in [0.5, 0.6) is 5.75 Å². The number of ether oxygens (including phenoxy) is 1. The Labute approximate surface area is 121 Å². The third-order valence-corrected chi connectivity index (χ3v) is 2.69. The molecule has 0 amide bonds. The molecule has 0 aliphatic heterocycles. The average molecular weight is 316 g/mol. The van der Waals surface area contributed by atoms with Gasteiger partial charge in [0, 0.05) is 11.6 Å². The molecule has 20 heavy (non-hydrogen) atoms. The molecule has 0 spiro atoms. The summed E-state index contributed by atoms with van der Waals surface area (Å²) in [4.78, 5) is 0. The first-order valence-corrected chi connectivity index (χ1v) is 5.75. The van der Waals surface area contributed by atoms with Gasteiger partial charge in [-0.3, -0.25) is 0 Å². The Kier molecular flexibility index (Phi) is 6.29. The van der Waals surface area contributed by atoms with Crippen molar-refractivity contribution >= 4 is 12.4 Å². The van der Waals surface area contributed by atoms with Gasteiger partial charge in [0.15, 0.2) is 0 Å². The molecule has 0 bridgehead atoms. The Balaban J connectivity index is 0.00000361. The van der Waals surface area contributed by atoms with E-state index in [4.69, 9.17) is 5.73 Å². The van der Waals surface area contributed by atoms with E-state index in [1.165, 1.54) is 18.2 Å². The summed E-state index contributed by atoms with van der Waals surface area (Å²) in [5.41, 5.74) is 5.81. The molecule has 0 fully saturated rings. The number of hydrogen-bond acceptors (Lipinski definition) is 2. The van der Waals surface area contributed by atoms with Gasteiger partial charge in [-0.1, -0.05) is 39.0 Å². The van der Waals surface area contributed by atoms with Crippen LogP contribution >= 0.6 is 12.4 Å². The molecule has 0 aromatic heterocycles. The highest BCUT2D eigenvalue weighted by Gasteiger charge is 2.44. The van der Waals surface area contributed by atoms with E-state index in [1.807, 2.05) is 20.8 Å². The highest BCUT2D eigenvalue weighted by Crippen LogP contribution is 2.38. The summed E-state index contributed by atoms with van der Waals surface area (Å²) in [6.07, 6.45) is -8.43. The van der Waals surface area contributed by atoms with Gasteiger partial charge >= 0.3 is 12.5 Å². The minimum Gasteiger partial charge on any atom is -0.428 e. The van der Waals surface area contributed by atoms with Crippen molar-refractivity contribution < 1.29 is 22.3 Å². The summed E-state index contributed by atoms with van der Waals surface area (Å²) >= 11 is 0. The molecule has 1 rings (SSSR count). The summed E-state index contributed by atoms with van der Waals surface area (Å²) in [6, 6.07) is 5.10. The monoisotopic (exact) mass is 315 g/mol. The van der Waals surface area contributed by atoms with E-state index in [0.717, 1.165) is 0 Å². The van der Waals surface area contributed by atoms with Crippen molar-refractivity contribution in [2.24, 2.45) is 11.1 Å². The van der Waals surface area contributed by atoms with Crippen LogP contribution in [-0.2, 0) is 0 Å². The molecule has 7 heteroatoms. The molecule has 2 nitrogen and oxygen atoms in total. The predicted octanol–water partition coefficient (Wildman–Crippen LogP) is 4.39. The quantitative estimate of drug-likeness (QED) is 0.836. The van der Waals surface area contributed by atoms with Gasteiger partial charge in [-0.15, -0.1) is 12.4 Å². The van der Waals surface area contributed by atoms with Crippen LogP contribution in [0.2, 0.25) is 0 Å². The van der Waals surface area contributed by atoms with Crippen LogP contribution in [0, 0.1) is 5.41 Å². The Morgan fingerprint density at radius 3 is 2.05 bits per heavy atom. The van der Waals surface area contributed by atoms with Crippen molar-refractivity contribution in [1.29, 1.82) is 0 Å². The molecule has 1 aromatic carbocycles. The van der Waals surface area contributed by atoms with Crippen LogP contribution in [-0.4, -0.2) is 12.5 Å². The molecule has 0 saturated carbocycles. The Hall–Kier alpha value is -1.01. The molecule has 0 unspecified atom stereocenters. The Morgan fingerprint density at radius 1 is 1.10 bits per heavy atom. The second-order valence-corrected chi connectivity index (χ2v) is 5.35. The van der Waals surface area contributed by atoms with Crippen molar-refractivity contribution in [2.45, 2.75) is 39.3 Å². The van der Waals surface area contributed by atoms with Gasteiger partial charge in [0.25, 0.3) is 0 Å². The normalized spacial score (nSPS) is 13.8. The number of halogens is 5. The highest BCUT2D eigenvalue weighted by molar-refractivity contribution is 5.85. The molecule has 2 N–H and O–H groups in total. The van der Waals surface area contributed by atoms with Gasteiger partial charge in [-0.2, -0.15) is 17.6 Å². The minimum absolute atomic E-state index is 0. The number of rotatable bonds is 4. The van der Waals surface area contributed by atoms with Gasteiger partial charge in [0.2, 0.25) is 0 Å². The van der Waals surface area contributed by atoms with Crippen molar-refractivity contribution in [1.82, 2.24) is 0 Å². The van der Waals surface area contributed by atoms with E-state index >= 15 is 0 Å². The molecule has 0 aliphatic rings. The summed E-state index contributed by atoms with van der Waals surface area (Å²) in [6.45, 7) is 5.46. The zero-order chi connectivity index (χ0) is 14.8. The standard InChI is InChI=1S/C13H17F4NO.ClH/c1-12(2,3)10(18)8-6-4-5-7-9(8)19-13(16,17)11(14)15;/h4-7,10-11H,18H2,1-3H3;1H/t10-;/m1./s1. The van der Waals surface area contributed by atoms with Crippen LogP contribution in [0.3, 0.4) is 0 Å². The highest BCUT2D eigenvalue weighted by atomic mass is 35.5. The van der Waals surface area contributed by atoms with Crippen LogP contribution < -0.4 is 10.5 Å². The maximum absolute atomic E-state index is 13.0. The molecule has 0 saturated heterocycles. The van der Waals surface area contributed by atoms with Gasteiger partial charge in [0.05, 0.1) is 0 Å². The summed E-state index contributed by atoms with van der Waals surface area (Å²) in [5.74, 6) is -0.324. The molecule has 0 aliphatic carbocycles. The maximum Gasteiger partial charge on any atom is 0.461 e. The molecule has 0 heterocycles. The minimum atomic E-state index is -4.53. The fraction of sp³-hybridized carbons (Fsp3) is 0.538. The summed E-state index contributed by atoms with van der Waals surface area (Å²) < 4.78 is 54.4. The van der Waals surface area contributed by atoms with E-state index in [-0.39, 0.29) is 23.7 Å². The topological polar surface area (TPSA) is 35.2 Å². The zero-order valence-electron chi connectivity index (χ0n) is 11.4. The average Bonchev–Trinajstić information content (AvgIpc) is 2.27. The second-order valence-electron chi connectivity index (χ2n) is 5.35. The molecular weight excluding hydrogens is 298 g/mol. The van der Waals surface area contributed by atoms with E-state index < -0.39 is 24.0 Å². The largest absolute Gasteiger partial charge is 0.461 e. The lowest BCUT2D eigenvalue weighted by molar-refractivity contribution is -0.253. The lowest BCUT2D eigenvalue weighted by atomic mass is 9.83. The van der Waals surface area contributed by atoms with Gasteiger partial charge in [0.1, 0.15) is 5.75 Å². The van der Waals surface area contributed by atoms with Gasteiger partial charge in [-0.05, 0) is 11.5 Å². The SMILES string of the molecule is CC(C)(C)[C@H](N)c1ccccc1OC(F)(F)C(F)F.Cl. The molecule has 1 atom stereocenters. The Morgan fingerprint density at radius 2 is 1.60 bits per heavy atom. The van der Waals surface area contributed by atoms with Crippen LogP contribution in [0.1, 0.15) is 32.4 Å².